The summed E-state index contributed by atoms with van der Waals surface area (Å²) in [5.74, 6) is 0.828. The smallest absolute Gasteiger partial charge is 0.191 e. The first kappa shape index (κ1) is 19.9. The molecule has 0 spiro atoms. The minimum Gasteiger partial charge on any atom is -0.357 e. The highest BCUT2D eigenvalue weighted by Gasteiger charge is 2.04. The van der Waals surface area contributed by atoms with E-state index in [4.69, 9.17) is 0 Å². The van der Waals surface area contributed by atoms with Crippen molar-refractivity contribution in [2.24, 2.45) is 4.99 Å². The van der Waals surface area contributed by atoms with Gasteiger partial charge >= 0.3 is 0 Å². The third-order valence-corrected chi connectivity index (χ3v) is 4.40. The second kappa shape index (κ2) is 9.87. The van der Waals surface area contributed by atoms with Gasteiger partial charge in [0.2, 0.25) is 0 Å². The Morgan fingerprint density at radius 1 is 1.22 bits per heavy atom. The molecule has 0 aliphatic heterocycles. The Bertz CT molecular complexity index is 632. The lowest BCUT2D eigenvalue weighted by atomic mass is 10.1. The van der Waals surface area contributed by atoms with Crippen molar-refractivity contribution in [3.63, 3.8) is 0 Å². The van der Waals surface area contributed by atoms with Crippen LogP contribution in [0, 0.1) is 20.8 Å². The third-order valence-electron chi connectivity index (χ3n) is 3.33. The molecular formula is C17H25IN4S. The van der Waals surface area contributed by atoms with E-state index in [1.165, 1.54) is 16.0 Å². The van der Waals surface area contributed by atoms with Crippen LogP contribution in [0.1, 0.15) is 33.6 Å². The highest BCUT2D eigenvalue weighted by molar-refractivity contribution is 14.0. The average Bonchev–Trinajstić information content (AvgIpc) is 2.81. The molecule has 0 bridgehead atoms. The van der Waals surface area contributed by atoms with Gasteiger partial charge in [0, 0.05) is 11.4 Å². The number of guanidine groups is 1. The zero-order chi connectivity index (χ0) is 15.9. The Morgan fingerprint density at radius 3 is 2.61 bits per heavy atom. The summed E-state index contributed by atoms with van der Waals surface area (Å²) in [5.41, 5.74) is 3.60. The van der Waals surface area contributed by atoms with E-state index in [1.54, 1.807) is 11.3 Å². The molecule has 2 rings (SSSR count). The minimum absolute atomic E-state index is 0. The van der Waals surface area contributed by atoms with Crippen LogP contribution in [0.4, 0.5) is 0 Å². The number of aryl methyl sites for hydroxylation is 3. The van der Waals surface area contributed by atoms with E-state index in [2.05, 4.69) is 65.6 Å². The van der Waals surface area contributed by atoms with Crippen LogP contribution < -0.4 is 10.6 Å². The molecule has 1 aromatic carbocycles. The maximum Gasteiger partial charge on any atom is 0.191 e. The number of nitrogens with zero attached hydrogens (tertiary/aromatic N) is 2. The van der Waals surface area contributed by atoms with Gasteiger partial charge in [-0.1, -0.05) is 29.8 Å². The highest BCUT2D eigenvalue weighted by atomic mass is 127. The molecule has 2 aromatic rings. The number of benzene rings is 1. The Labute approximate surface area is 159 Å². The molecule has 2 N–H and O–H groups in total. The minimum atomic E-state index is 0. The molecule has 1 aromatic heterocycles. The molecule has 0 saturated heterocycles. The van der Waals surface area contributed by atoms with Gasteiger partial charge in [-0.05, 0) is 33.3 Å². The summed E-state index contributed by atoms with van der Waals surface area (Å²) >= 11 is 1.73. The van der Waals surface area contributed by atoms with Crippen LogP contribution in [0.2, 0.25) is 0 Å². The zero-order valence-corrected chi connectivity index (χ0v) is 17.3. The second-order valence-electron chi connectivity index (χ2n) is 5.29. The Kier molecular flexibility index (Phi) is 8.54. The van der Waals surface area contributed by atoms with Crippen LogP contribution in [0.5, 0.6) is 0 Å². The van der Waals surface area contributed by atoms with Gasteiger partial charge in [0.25, 0.3) is 0 Å². The summed E-state index contributed by atoms with van der Waals surface area (Å²) in [6.45, 7) is 10.5. The summed E-state index contributed by atoms with van der Waals surface area (Å²) in [4.78, 5) is 10.5. The summed E-state index contributed by atoms with van der Waals surface area (Å²) in [5, 5.41) is 7.72. The van der Waals surface area contributed by atoms with Crippen LogP contribution in [-0.2, 0) is 13.1 Å². The summed E-state index contributed by atoms with van der Waals surface area (Å²) < 4.78 is 0. The topological polar surface area (TPSA) is 49.3 Å². The predicted molar refractivity (Wildman–Crippen MR) is 110 cm³/mol. The fourth-order valence-corrected chi connectivity index (χ4v) is 2.97. The molecule has 1 heterocycles. The monoisotopic (exact) mass is 444 g/mol. The number of halogens is 1. The van der Waals surface area contributed by atoms with Crippen LogP contribution in [-0.4, -0.2) is 17.5 Å². The number of aromatic nitrogens is 1. The Hall–Kier alpha value is -1.15. The molecule has 0 amide bonds. The number of rotatable bonds is 5. The van der Waals surface area contributed by atoms with Crippen molar-refractivity contribution in [2.75, 3.05) is 6.54 Å². The summed E-state index contributed by atoms with van der Waals surface area (Å²) in [7, 11) is 0. The molecule has 4 nitrogen and oxygen atoms in total. The lowest BCUT2D eigenvalue weighted by molar-refractivity contribution is 0.809. The average molecular weight is 444 g/mol. The summed E-state index contributed by atoms with van der Waals surface area (Å²) in [6, 6.07) is 8.44. The van der Waals surface area contributed by atoms with Crippen LogP contribution in [0.3, 0.4) is 0 Å². The van der Waals surface area contributed by atoms with Gasteiger partial charge in [-0.25, -0.2) is 9.98 Å². The SMILES string of the molecule is CCNC(=NCc1cccc(C)c1)NCc1nc(C)c(C)s1.I. The van der Waals surface area contributed by atoms with E-state index in [1.807, 2.05) is 6.92 Å². The van der Waals surface area contributed by atoms with E-state index in [-0.39, 0.29) is 24.0 Å². The first-order chi connectivity index (χ1) is 10.6. The molecular weight excluding hydrogens is 419 g/mol. The first-order valence-corrected chi connectivity index (χ1v) is 8.40. The fourth-order valence-electron chi connectivity index (χ4n) is 2.10. The zero-order valence-electron chi connectivity index (χ0n) is 14.1. The van der Waals surface area contributed by atoms with Gasteiger partial charge in [0.1, 0.15) is 5.01 Å². The molecule has 0 aliphatic rings. The lowest BCUT2D eigenvalue weighted by Crippen LogP contribution is -2.36. The lowest BCUT2D eigenvalue weighted by Gasteiger charge is -2.10. The van der Waals surface area contributed by atoms with Crippen molar-refractivity contribution in [3.8, 4) is 0 Å². The van der Waals surface area contributed by atoms with Gasteiger partial charge in [-0.3, -0.25) is 0 Å². The number of thiazole rings is 1. The Balaban J connectivity index is 0.00000264. The third kappa shape index (κ3) is 6.47. The van der Waals surface area contributed by atoms with Gasteiger partial charge in [-0.15, -0.1) is 35.3 Å². The van der Waals surface area contributed by atoms with Crippen molar-refractivity contribution < 1.29 is 0 Å². The normalized spacial score (nSPS) is 11.0. The van der Waals surface area contributed by atoms with E-state index in [9.17, 15) is 0 Å². The van der Waals surface area contributed by atoms with Crippen molar-refractivity contribution in [2.45, 2.75) is 40.8 Å². The molecule has 0 saturated carbocycles. The van der Waals surface area contributed by atoms with Gasteiger partial charge < -0.3 is 10.6 Å². The number of aliphatic imine (C=N–C) groups is 1. The molecule has 0 aliphatic carbocycles. The molecule has 0 radical (unpaired) electrons. The van der Waals surface area contributed by atoms with Crippen LogP contribution in [0.25, 0.3) is 0 Å². The molecule has 23 heavy (non-hydrogen) atoms. The molecule has 0 atom stereocenters. The summed E-state index contributed by atoms with van der Waals surface area (Å²) in [6.07, 6.45) is 0. The van der Waals surface area contributed by atoms with E-state index >= 15 is 0 Å². The van der Waals surface area contributed by atoms with Crippen molar-refractivity contribution in [1.82, 2.24) is 15.6 Å². The van der Waals surface area contributed by atoms with E-state index in [0.717, 1.165) is 23.2 Å². The fraction of sp³-hybridized carbons (Fsp3) is 0.412. The molecule has 6 heteroatoms. The molecule has 126 valence electrons. The maximum absolute atomic E-state index is 4.64. The van der Waals surface area contributed by atoms with Crippen molar-refractivity contribution in [1.29, 1.82) is 0 Å². The van der Waals surface area contributed by atoms with Gasteiger partial charge in [-0.2, -0.15) is 0 Å². The van der Waals surface area contributed by atoms with Gasteiger partial charge in [0.05, 0.1) is 18.8 Å². The highest BCUT2D eigenvalue weighted by Crippen LogP contribution is 2.15. The quantitative estimate of drug-likeness (QED) is 0.417. The van der Waals surface area contributed by atoms with E-state index in [0.29, 0.717) is 13.1 Å². The molecule has 0 unspecified atom stereocenters. The number of nitrogens with one attached hydrogen (secondary N) is 2. The number of hydrogen-bond donors (Lipinski definition) is 2. The first-order valence-electron chi connectivity index (χ1n) is 7.59. The molecule has 0 fully saturated rings. The van der Waals surface area contributed by atoms with Gasteiger partial charge in [0.15, 0.2) is 5.96 Å². The predicted octanol–water partition coefficient (Wildman–Crippen LogP) is 3.94. The number of hydrogen-bond acceptors (Lipinski definition) is 3. The van der Waals surface area contributed by atoms with Crippen molar-refractivity contribution in [3.05, 3.63) is 51.0 Å². The standard InChI is InChI=1S/C17H24N4S.HI/c1-5-18-17(19-10-15-8-6-7-12(2)9-15)20-11-16-21-13(3)14(4)22-16;/h6-9H,5,10-11H2,1-4H3,(H2,18,19,20);1H. The van der Waals surface area contributed by atoms with Crippen LogP contribution in [0.15, 0.2) is 29.3 Å². The Morgan fingerprint density at radius 2 is 2.00 bits per heavy atom. The van der Waals surface area contributed by atoms with Crippen LogP contribution >= 0.6 is 35.3 Å². The van der Waals surface area contributed by atoms with Crippen molar-refractivity contribution >= 4 is 41.3 Å². The van der Waals surface area contributed by atoms with E-state index < -0.39 is 0 Å². The largest absolute Gasteiger partial charge is 0.357 e. The second-order valence-corrected chi connectivity index (χ2v) is 6.57. The maximum atomic E-state index is 4.64.